The molecule has 0 saturated heterocycles. The van der Waals surface area contributed by atoms with Crippen molar-refractivity contribution in [3.05, 3.63) is 41.5 Å². The molecular weight excluding hydrogens is 390 g/mol. The van der Waals surface area contributed by atoms with Crippen LogP contribution in [-0.4, -0.2) is 38.6 Å². The van der Waals surface area contributed by atoms with Gasteiger partial charge >= 0.3 is 0 Å². The molecule has 1 aliphatic heterocycles. The van der Waals surface area contributed by atoms with E-state index in [1.165, 1.54) is 11.8 Å². The Hall–Kier alpha value is -3.33. The summed E-state index contributed by atoms with van der Waals surface area (Å²) in [6.07, 6.45) is 0. The molecule has 2 N–H and O–H groups in total. The summed E-state index contributed by atoms with van der Waals surface area (Å²) in [6.45, 7) is 4.28. The van der Waals surface area contributed by atoms with Gasteiger partial charge in [-0.15, -0.1) is 10.2 Å². The van der Waals surface area contributed by atoms with Gasteiger partial charge in [0.25, 0.3) is 0 Å². The van der Waals surface area contributed by atoms with Crippen molar-refractivity contribution in [1.82, 2.24) is 20.2 Å². The van der Waals surface area contributed by atoms with Gasteiger partial charge in [0.2, 0.25) is 17.9 Å². The topological polar surface area (TPSA) is 102 Å². The molecule has 5 rings (SSSR count). The van der Waals surface area contributed by atoms with Crippen molar-refractivity contribution < 1.29 is 14.3 Å². The highest BCUT2D eigenvalue weighted by atomic mass is 32.2. The molecule has 9 heteroatoms. The normalized spacial score (nSPS) is 12.6. The van der Waals surface area contributed by atoms with Gasteiger partial charge in [0.1, 0.15) is 5.52 Å². The number of ether oxygens (including phenoxy) is 2. The Morgan fingerprint density at radius 3 is 2.86 bits per heavy atom. The fraction of sp³-hybridized carbons (Fsp3) is 0.200. The quantitative estimate of drug-likeness (QED) is 0.499. The van der Waals surface area contributed by atoms with Gasteiger partial charge in [0, 0.05) is 17.1 Å². The first-order chi connectivity index (χ1) is 14.1. The van der Waals surface area contributed by atoms with Gasteiger partial charge in [-0.1, -0.05) is 23.9 Å². The predicted octanol–water partition coefficient (Wildman–Crippen LogP) is 3.58. The van der Waals surface area contributed by atoms with Crippen LogP contribution in [0.1, 0.15) is 11.1 Å². The first-order valence-electron chi connectivity index (χ1n) is 9.03. The number of amides is 1. The number of thioether (sulfide) groups is 1. The van der Waals surface area contributed by atoms with Crippen molar-refractivity contribution in [2.75, 3.05) is 17.9 Å². The number of H-pyrrole nitrogens is 1. The summed E-state index contributed by atoms with van der Waals surface area (Å²) in [7, 11) is 0. The van der Waals surface area contributed by atoms with Crippen molar-refractivity contribution in [3.8, 4) is 11.5 Å². The van der Waals surface area contributed by atoms with E-state index in [1.807, 2.05) is 13.8 Å². The molecule has 0 radical (unpaired) electrons. The number of hydrogen-bond donors (Lipinski definition) is 2. The van der Waals surface area contributed by atoms with Gasteiger partial charge in [-0.25, -0.2) is 4.98 Å². The van der Waals surface area contributed by atoms with Crippen LogP contribution in [0.4, 0.5) is 5.69 Å². The number of anilines is 1. The Morgan fingerprint density at radius 2 is 1.97 bits per heavy atom. The lowest BCUT2D eigenvalue weighted by Gasteiger charge is -2.05. The molecule has 29 heavy (non-hydrogen) atoms. The molecule has 0 aliphatic carbocycles. The van der Waals surface area contributed by atoms with Crippen molar-refractivity contribution in [1.29, 1.82) is 0 Å². The number of benzene rings is 2. The lowest BCUT2D eigenvalue weighted by molar-refractivity contribution is -0.113. The number of carbonyl (C=O) groups excluding carboxylic acids is 1. The third-order valence-electron chi connectivity index (χ3n) is 4.76. The second-order valence-electron chi connectivity index (χ2n) is 6.77. The molecule has 0 unspecified atom stereocenters. The molecule has 4 aromatic rings. The van der Waals surface area contributed by atoms with E-state index in [2.05, 4.69) is 37.6 Å². The molecule has 0 fully saturated rings. The zero-order valence-electron chi connectivity index (χ0n) is 15.8. The van der Waals surface area contributed by atoms with E-state index >= 15 is 0 Å². The minimum absolute atomic E-state index is 0.166. The molecule has 0 atom stereocenters. The molecule has 146 valence electrons. The van der Waals surface area contributed by atoms with Gasteiger partial charge in [-0.05, 0) is 37.1 Å². The number of fused-ring (bicyclic) bond motifs is 4. The lowest BCUT2D eigenvalue weighted by atomic mass is 10.1. The highest BCUT2D eigenvalue weighted by molar-refractivity contribution is 7.99. The molecular formula is C20H17N5O3S. The fourth-order valence-corrected chi connectivity index (χ4v) is 3.91. The average Bonchev–Trinajstić information content (AvgIpc) is 3.33. The third-order valence-corrected chi connectivity index (χ3v) is 5.60. The Bertz CT molecular complexity index is 1270. The number of nitrogens with one attached hydrogen (secondary N) is 2. The van der Waals surface area contributed by atoms with Crippen LogP contribution in [0.25, 0.3) is 22.1 Å². The van der Waals surface area contributed by atoms with E-state index in [0.29, 0.717) is 28.0 Å². The van der Waals surface area contributed by atoms with E-state index in [-0.39, 0.29) is 18.5 Å². The van der Waals surface area contributed by atoms with Crippen LogP contribution in [-0.2, 0) is 4.79 Å². The van der Waals surface area contributed by atoms with Gasteiger partial charge in [0.05, 0.1) is 11.3 Å². The summed E-state index contributed by atoms with van der Waals surface area (Å²) in [6, 6.07) is 9.41. The number of aryl methyl sites for hydroxylation is 2. The first kappa shape index (κ1) is 17.7. The number of nitrogens with zero attached hydrogens (tertiary/aromatic N) is 3. The average molecular weight is 407 g/mol. The zero-order chi connectivity index (χ0) is 20.0. The summed E-state index contributed by atoms with van der Waals surface area (Å²) in [4.78, 5) is 20.2. The molecule has 1 amide bonds. The van der Waals surface area contributed by atoms with Gasteiger partial charge in [-0.3, -0.25) is 4.79 Å². The molecule has 1 aliphatic rings. The highest BCUT2D eigenvalue weighted by Crippen LogP contribution is 2.34. The maximum absolute atomic E-state index is 12.3. The maximum Gasteiger partial charge on any atom is 0.234 e. The Labute approximate surface area is 170 Å². The lowest BCUT2D eigenvalue weighted by Crippen LogP contribution is -2.14. The molecule has 0 saturated carbocycles. The number of hydrogen-bond acceptors (Lipinski definition) is 7. The van der Waals surface area contributed by atoms with E-state index in [9.17, 15) is 4.79 Å². The molecule has 2 aromatic carbocycles. The largest absolute Gasteiger partial charge is 0.454 e. The first-order valence-corrected chi connectivity index (χ1v) is 10.0. The summed E-state index contributed by atoms with van der Waals surface area (Å²) >= 11 is 1.23. The molecule has 0 spiro atoms. The summed E-state index contributed by atoms with van der Waals surface area (Å²) < 4.78 is 10.6. The van der Waals surface area contributed by atoms with Crippen molar-refractivity contribution in [2.45, 2.75) is 19.0 Å². The van der Waals surface area contributed by atoms with Gasteiger partial charge in [0.15, 0.2) is 17.1 Å². The van der Waals surface area contributed by atoms with E-state index in [4.69, 9.17) is 9.47 Å². The van der Waals surface area contributed by atoms with Crippen LogP contribution in [0.3, 0.4) is 0 Å². The van der Waals surface area contributed by atoms with Gasteiger partial charge < -0.3 is 19.8 Å². The monoisotopic (exact) mass is 407 g/mol. The Balaban J connectivity index is 1.31. The summed E-state index contributed by atoms with van der Waals surface area (Å²) in [5.41, 5.74) is 5.33. The number of rotatable bonds is 4. The smallest absolute Gasteiger partial charge is 0.234 e. The van der Waals surface area contributed by atoms with E-state index in [0.717, 1.165) is 27.5 Å². The second-order valence-corrected chi connectivity index (χ2v) is 7.71. The standard InChI is InChI=1S/C20H17N5O3S/c1-10-3-4-11(2)17-16(10)18-19(22-17)23-20(25-24-18)29-8-15(26)21-12-5-6-13-14(7-12)28-9-27-13/h3-7H,8-9H2,1-2H3,(H,21,26)(H,22,23,25). The molecule has 2 aromatic heterocycles. The van der Waals surface area contributed by atoms with Crippen LogP contribution in [0, 0.1) is 13.8 Å². The second kappa shape index (κ2) is 6.93. The zero-order valence-corrected chi connectivity index (χ0v) is 16.6. The summed E-state index contributed by atoms with van der Waals surface area (Å²) in [5.74, 6) is 1.30. The Kier molecular flexibility index (Phi) is 4.24. The highest BCUT2D eigenvalue weighted by Gasteiger charge is 2.16. The summed E-state index contributed by atoms with van der Waals surface area (Å²) in [5, 5.41) is 12.9. The van der Waals surface area contributed by atoms with Crippen LogP contribution in [0.5, 0.6) is 11.5 Å². The van der Waals surface area contributed by atoms with E-state index in [1.54, 1.807) is 18.2 Å². The number of aromatic nitrogens is 4. The SMILES string of the molecule is Cc1ccc(C)c2c1[nH]c1nc(SCC(=O)Nc3ccc4c(c3)OCO4)nnc12. The van der Waals surface area contributed by atoms with Crippen LogP contribution < -0.4 is 14.8 Å². The molecule has 0 bridgehead atoms. The van der Waals surface area contributed by atoms with Crippen molar-refractivity contribution >= 4 is 45.4 Å². The minimum atomic E-state index is -0.166. The van der Waals surface area contributed by atoms with Crippen molar-refractivity contribution in [2.24, 2.45) is 0 Å². The predicted molar refractivity (Wildman–Crippen MR) is 111 cm³/mol. The number of aromatic amines is 1. The number of carbonyl (C=O) groups is 1. The van der Waals surface area contributed by atoms with Crippen LogP contribution in [0.2, 0.25) is 0 Å². The van der Waals surface area contributed by atoms with E-state index < -0.39 is 0 Å². The molecule has 8 nitrogen and oxygen atoms in total. The minimum Gasteiger partial charge on any atom is -0.454 e. The fourth-order valence-electron chi connectivity index (χ4n) is 3.32. The van der Waals surface area contributed by atoms with Crippen molar-refractivity contribution in [3.63, 3.8) is 0 Å². The maximum atomic E-state index is 12.3. The van der Waals surface area contributed by atoms with Crippen LogP contribution >= 0.6 is 11.8 Å². The van der Waals surface area contributed by atoms with Gasteiger partial charge in [-0.2, -0.15) is 0 Å². The molecule has 3 heterocycles. The Morgan fingerprint density at radius 1 is 1.14 bits per heavy atom. The third kappa shape index (κ3) is 3.23. The van der Waals surface area contributed by atoms with Crippen LogP contribution in [0.15, 0.2) is 35.5 Å².